The third-order valence-electron chi connectivity index (χ3n) is 3.00. The van der Waals surface area contributed by atoms with E-state index in [1.54, 1.807) is 6.07 Å². The number of fused-ring (bicyclic) bond motifs is 3. The fourth-order valence-corrected chi connectivity index (χ4v) is 2.36. The minimum Gasteiger partial charge on any atom is -0.495 e. The van der Waals surface area contributed by atoms with E-state index in [2.05, 4.69) is 19.1 Å². The molecule has 122 valence electrons. The third kappa shape index (κ3) is 2.63. The van der Waals surface area contributed by atoms with Crippen LogP contribution >= 0.6 is 0 Å². The summed E-state index contributed by atoms with van der Waals surface area (Å²) >= 11 is 0. The summed E-state index contributed by atoms with van der Waals surface area (Å²) in [6.07, 6.45) is 2.61. The zero-order valence-corrected chi connectivity index (χ0v) is 12.2. The van der Waals surface area contributed by atoms with E-state index >= 15 is 0 Å². The molecular formula is C12H8F3N3O4S. The lowest BCUT2D eigenvalue weighted by Crippen LogP contribution is -2.28. The molecule has 0 amide bonds. The van der Waals surface area contributed by atoms with Crippen LogP contribution in [0.15, 0.2) is 24.5 Å². The van der Waals surface area contributed by atoms with Crippen molar-refractivity contribution in [3.8, 4) is 11.6 Å². The first kappa shape index (κ1) is 15.3. The van der Waals surface area contributed by atoms with Gasteiger partial charge in [-0.25, -0.2) is 9.97 Å². The molecule has 0 spiro atoms. The Kier molecular flexibility index (Phi) is 3.32. The van der Waals surface area contributed by atoms with Crippen LogP contribution in [-0.4, -0.2) is 36.0 Å². The number of ether oxygens (including phenoxy) is 1. The second-order valence-electron chi connectivity index (χ2n) is 4.45. The molecule has 3 rings (SSSR count). The van der Waals surface area contributed by atoms with Crippen LogP contribution in [0.5, 0.6) is 11.6 Å². The normalized spacial score (nSPS) is 12.7. The zero-order chi connectivity index (χ0) is 16.8. The largest absolute Gasteiger partial charge is 0.534 e. The number of methoxy groups -OCH3 is 1. The highest BCUT2D eigenvalue weighted by Gasteiger charge is 2.48. The highest BCUT2D eigenvalue weighted by atomic mass is 32.2. The first-order valence-corrected chi connectivity index (χ1v) is 7.44. The molecule has 0 saturated carbocycles. The SMILES string of the molecule is COc1cnc2[nH]c3cnc(OS(=O)(=O)C(F)(F)F)cc3c2c1. The summed E-state index contributed by atoms with van der Waals surface area (Å²) in [6.45, 7) is 0. The summed E-state index contributed by atoms with van der Waals surface area (Å²) in [5.74, 6) is -0.265. The second kappa shape index (κ2) is 4.98. The Balaban J connectivity index is 2.12. The average molecular weight is 347 g/mol. The van der Waals surface area contributed by atoms with Gasteiger partial charge in [0.25, 0.3) is 0 Å². The minimum atomic E-state index is -5.78. The molecular weight excluding hydrogens is 339 g/mol. The molecule has 3 aromatic rings. The van der Waals surface area contributed by atoms with Crippen LogP contribution in [0.2, 0.25) is 0 Å². The van der Waals surface area contributed by atoms with Gasteiger partial charge in [0.1, 0.15) is 11.4 Å². The van der Waals surface area contributed by atoms with E-state index in [9.17, 15) is 21.6 Å². The topological polar surface area (TPSA) is 94.2 Å². The van der Waals surface area contributed by atoms with Crippen molar-refractivity contribution in [2.45, 2.75) is 5.51 Å². The standard InChI is InChI=1S/C12H8F3N3O4S/c1-21-6-2-8-7-3-10(22-23(19,20)12(13,14)15)16-5-9(7)18-11(8)17-4-6/h2-5H,1H3,(H,17,18). The first-order valence-electron chi connectivity index (χ1n) is 6.03. The molecule has 1 N–H and O–H groups in total. The zero-order valence-electron chi connectivity index (χ0n) is 11.4. The van der Waals surface area contributed by atoms with E-state index in [1.807, 2.05) is 0 Å². The van der Waals surface area contributed by atoms with Crippen molar-refractivity contribution in [1.82, 2.24) is 15.0 Å². The van der Waals surface area contributed by atoms with Crippen LogP contribution in [-0.2, 0) is 10.1 Å². The predicted molar refractivity (Wildman–Crippen MR) is 73.5 cm³/mol. The van der Waals surface area contributed by atoms with Crippen molar-refractivity contribution in [1.29, 1.82) is 0 Å². The summed E-state index contributed by atoms with van der Waals surface area (Å²) in [5, 5.41) is 0.921. The van der Waals surface area contributed by atoms with E-state index < -0.39 is 21.5 Å². The van der Waals surface area contributed by atoms with Crippen LogP contribution in [0.1, 0.15) is 0 Å². The van der Waals surface area contributed by atoms with Crippen molar-refractivity contribution in [3.05, 3.63) is 24.5 Å². The average Bonchev–Trinajstić information content (AvgIpc) is 2.82. The van der Waals surface area contributed by atoms with Gasteiger partial charge in [-0.2, -0.15) is 21.6 Å². The number of alkyl halides is 3. The van der Waals surface area contributed by atoms with Gasteiger partial charge in [-0.1, -0.05) is 0 Å². The van der Waals surface area contributed by atoms with Crippen LogP contribution in [0.25, 0.3) is 21.9 Å². The summed E-state index contributed by atoms with van der Waals surface area (Å²) in [7, 11) is -4.35. The third-order valence-corrected chi connectivity index (χ3v) is 3.96. The number of halogens is 3. The van der Waals surface area contributed by atoms with E-state index in [0.29, 0.717) is 27.7 Å². The molecule has 0 unspecified atom stereocenters. The van der Waals surface area contributed by atoms with Gasteiger partial charge in [0, 0.05) is 16.8 Å². The van der Waals surface area contributed by atoms with Crippen molar-refractivity contribution >= 4 is 32.1 Å². The lowest BCUT2D eigenvalue weighted by atomic mass is 10.2. The molecule has 0 atom stereocenters. The fourth-order valence-electron chi connectivity index (χ4n) is 1.95. The van der Waals surface area contributed by atoms with Gasteiger partial charge in [-0.3, -0.25) is 0 Å². The van der Waals surface area contributed by atoms with Crippen LogP contribution in [0, 0.1) is 0 Å². The molecule has 0 fully saturated rings. The number of H-pyrrole nitrogens is 1. The van der Waals surface area contributed by atoms with Gasteiger partial charge in [-0.05, 0) is 6.07 Å². The maximum Gasteiger partial charge on any atom is 0.534 e. The molecule has 0 aliphatic rings. The number of aromatic nitrogens is 3. The quantitative estimate of drug-likeness (QED) is 0.577. The van der Waals surface area contributed by atoms with Crippen molar-refractivity contribution in [2.75, 3.05) is 7.11 Å². The molecule has 7 nitrogen and oxygen atoms in total. The number of rotatable bonds is 3. The Hall–Kier alpha value is -2.56. The van der Waals surface area contributed by atoms with E-state index in [4.69, 9.17) is 4.74 Å². The monoisotopic (exact) mass is 347 g/mol. The molecule has 3 heterocycles. The molecule has 0 aliphatic heterocycles. The Morgan fingerprint density at radius 3 is 2.52 bits per heavy atom. The van der Waals surface area contributed by atoms with Gasteiger partial charge in [0.05, 0.1) is 25.0 Å². The van der Waals surface area contributed by atoms with E-state index in [1.165, 1.54) is 13.3 Å². The molecule has 0 aliphatic carbocycles. The Labute approximate surface area is 127 Å². The lowest BCUT2D eigenvalue weighted by Gasteiger charge is -2.08. The Bertz CT molecular complexity index is 998. The molecule has 23 heavy (non-hydrogen) atoms. The summed E-state index contributed by atoms with van der Waals surface area (Å²) in [6, 6.07) is 2.68. The molecule has 0 bridgehead atoms. The molecule has 0 aromatic carbocycles. The number of nitrogens with one attached hydrogen (secondary N) is 1. The number of pyridine rings is 2. The predicted octanol–water partition coefficient (Wildman–Crippen LogP) is 2.35. The molecule has 0 radical (unpaired) electrons. The summed E-state index contributed by atoms with van der Waals surface area (Å²) in [5.41, 5.74) is -4.63. The first-order chi connectivity index (χ1) is 10.7. The van der Waals surface area contributed by atoms with Crippen molar-refractivity contribution in [2.24, 2.45) is 0 Å². The number of hydrogen-bond donors (Lipinski definition) is 1. The van der Waals surface area contributed by atoms with Gasteiger partial charge < -0.3 is 13.9 Å². The minimum absolute atomic E-state index is 0.397. The number of nitrogens with zero attached hydrogens (tertiary/aromatic N) is 2. The van der Waals surface area contributed by atoms with Crippen molar-refractivity contribution in [3.63, 3.8) is 0 Å². The second-order valence-corrected chi connectivity index (χ2v) is 5.99. The smallest absolute Gasteiger partial charge is 0.495 e. The van der Waals surface area contributed by atoms with E-state index in [-0.39, 0.29) is 0 Å². The molecule has 3 aromatic heterocycles. The highest BCUT2D eigenvalue weighted by Crippen LogP contribution is 2.31. The maximum atomic E-state index is 12.4. The molecule has 0 saturated heterocycles. The van der Waals surface area contributed by atoms with E-state index in [0.717, 1.165) is 12.3 Å². The summed E-state index contributed by atoms with van der Waals surface area (Å²) < 4.78 is 68.2. The lowest BCUT2D eigenvalue weighted by molar-refractivity contribution is -0.0501. The van der Waals surface area contributed by atoms with Gasteiger partial charge in [-0.15, -0.1) is 0 Å². The Morgan fingerprint density at radius 1 is 1.13 bits per heavy atom. The summed E-state index contributed by atoms with van der Waals surface area (Å²) in [4.78, 5) is 10.5. The Morgan fingerprint density at radius 2 is 1.87 bits per heavy atom. The van der Waals surface area contributed by atoms with Crippen molar-refractivity contribution < 1.29 is 30.5 Å². The van der Waals surface area contributed by atoms with Crippen LogP contribution < -0.4 is 8.92 Å². The maximum absolute atomic E-state index is 12.4. The van der Waals surface area contributed by atoms with Gasteiger partial charge >= 0.3 is 15.6 Å². The van der Waals surface area contributed by atoms with Crippen LogP contribution in [0.4, 0.5) is 13.2 Å². The van der Waals surface area contributed by atoms with Gasteiger partial charge in [0.2, 0.25) is 5.88 Å². The number of hydrogen-bond acceptors (Lipinski definition) is 6. The fraction of sp³-hybridized carbons (Fsp3) is 0.167. The number of aromatic amines is 1. The highest BCUT2D eigenvalue weighted by molar-refractivity contribution is 7.87. The molecule has 11 heteroatoms. The van der Waals surface area contributed by atoms with Gasteiger partial charge in [0.15, 0.2) is 0 Å². The van der Waals surface area contributed by atoms with Crippen LogP contribution in [0.3, 0.4) is 0 Å².